The number of fused-ring (bicyclic) bond motifs is 4. The number of quaternary nitrogens is 1. The van der Waals surface area contributed by atoms with Crippen molar-refractivity contribution in [3.63, 3.8) is 0 Å². The van der Waals surface area contributed by atoms with Gasteiger partial charge in [-0.1, -0.05) is 24.4 Å². The maximum atomic E-state index is 13.8. The Hall–Kier alpha value is -1.57. The lowest BCUT2D eigenvalue weighted by Gasteiger charge is -2.29. The Kier molecular flexibility index (Phi) is 4.91. The van der Waals surface area contributed by atoms with Crippen LogP contribution in [0.1, 0.15) is 43.2 Å². The average Bonchev–Trinajstić information content (AvgIpc) is 3.44. The molecule has 0 bridgehead atoms. The molecular formula is C22H27ClN3O3S+. The Bertz CT molecular complexity index is 948. The molecule has 1 spiro atoms. The number of hydrogen-bond acceptors (Lipinski definition) is 4. The van der Waals surface area contributed by atoms with E-state index >= 15 is 0 Å². The van der Waals surface area contributed by atoms with Gasteiger partial charge in [0, 0.05) is 23.0 Å². The maximum absolute atomic E-state index is 13.8. The zero-order valence-electron chi connectivity index (χ0n) is 17.2. The molecule has 8 heteroatoms. The minimum absolute atomic E-state index is 0.0149. The highest BCUT2D eigenvalue weighted by molar-refractivity contribution is 7.98. The first-order chi connectivity index (χ1) is 14.4. The van der Waals surface area contributed by atoms with Gasteiger partial charge >= 0.3 is 0 Å². The summed E-state index contributed by atoms with van der Waals surface area (Å²) < 4.78 is 0. The second-order valence-corrected chi connectivity index (χ2v) is 10.5. The molecule has 3 aliphatic heterocycles. The van der Waals surface area contributed by atoms with Crippen LogP contribution < -0.4 is 10.6 Å². The van der Waals surface area contributed by atoms with Crippen LogP contribution in [0.25, 0.3) is 0 Å². The normalized spacial score (nSPS) is 33.0. The predicted octanol–water partition coefficient (Wildman–Crippen LogP) is 2.04. The molecule has 1 aromatic rings. The van der Waals surface area contributed by atoms with Gasteiger partial charge in [-0.25, -0.2) is 0 Å². The quantitative estimate of drug-likeness (QED) is 0.690. The van der Waals surface area contributed by atoms with Gasteiger partial charge in [0.1, 0.15) is 17.9 Å². The molecule has 160 valence electrons. The zero-order valence-corrected chi connectivity index (χ0v) is 18.8. The lowest BCUT2D eigenvalue weighted by atomic mass is 9.76. The Morgan fingerprint density at radius 2 is 1.97 bits per heavy atom. The number of likely N-dealkylation sites (tertiary alicyclic amines) is 1. The van der Waals surface area contributed by atoms with Crippen molar-refractivity contribution in [1.82, 2.24) is 4.90 Å². The Morgan fingerprint density at radius 3 is 2.67 bits per heavy atom. The largest absolute Gasteiger partial charge is 0.326 e. The Morgan fingerprint density at radius 1 is 1.23 bits per heavy atom. The second-order valence-electron chi connectivity index (χ2n) is 9.07. The van der Waals surface area contributed by atoms with Gasteiger partial charge in [0.2, 0.25) is 17.4 Å². The molecule has 3 N–H and O–H groups in total. The fourth-order valence-corrected chi connectivity index (χ4v) is 7.04. The van der Waals surface area contributed by atoms with Gasteiger partial charge in [-0.3, -0.25) is 19.3 Å². The van der Waals surface area contributed by atoms with Crippen molar-refractivity contribution in [2.45, 2.75) is 56.7 Å². The minimum atomic E-state index is -1.11. The number of hydrogen-bond donors (Lipinski definition) is 2. The number of anilines is 1. The van der Waals surface area contributed by atoms with Gasteiger partial charge in [0.15, 0.2) is 0 Å². The number of rotatable bonds is 4. The van der Waals surface area contributed by atoms with Gasteiger partial charge in [0.25, 0.3) is 5.91 Å². The zero-order chi connectivity index (χ0) is 21.2. The molecular weight excluding hydrogens is 422 g/mol. The number of carbonyl (C=O) groups excluding carboxylic acids is 3. The van der Waals surface area contributed by atoms with Crippen molar-refractivity contribution in [3.8, 4) is 0 Å². The number of amides is 3. The number of halogens is 1. The number of benzene rings is 1. The molecule has 1 saturated carbocycles. The molecule has 3 fully saturated rings. The summed E-state index contributed by atoms with van der Waals surface area (Å²) in [6.07, 6.45) is 6.65. The van der Waals surface area contributed by atoms with E-state index in [1.807, 2.05) is 30.6 Å². The molecule has 3 amide bonds. The van der Waals surface area contributed by atoms with Crippen LogP contribution in [0.2, 0.25) is 5.02 Å². The molecule has 0 unspecified atom stereocenters. The molecule has 0 radical (unpaired) electrons. The minimum Gasteiger partial charge on any atom is -0.326 e. The van der Waals surface area contributed by atoms with E-state index in [1.54, 1.807) is 11.8 Å². The van der Waals surface area contributed by atoms with E-state index in [4.69, 9.17) is 11.6 Å². The fourth-order valence-electron chi connectivity index (χ4n) is 6.26. The van der Waals surface area contributed by atoms with E-state index in [2.05, 4.69) is 5.32 Å². The predicted molar refractivity (Wildman–Crippen MR) is 116 cm³/mol. The van der Waals surface area contributed by atoms with Crippen LogP contribution in [0.3, 0.4) is 0 Å². The highest BCUT2D eigenvalue weighted by atomic mass is 35.5. The van der Waals surface area contributed by atoms with Gasteiger partial charge in [-0.15, -0.1) is 0 Å². The van der Waals surface area contributed by atoms with Crippen LogP contribution in [0.15, 0.2) is 12.1 Å². The fraction of sp³-hybridized carbons (Fsp3) is 0.591. The van der Waals surface area contributed by atoms with Crippen molar-refractivity contribution in [3.05, 3.63) is 28.3 Å². The summed E-state index contributed by atoms with van der Waals surface area (Å²) in [5.74, 6) is -0.678. The van der Waals surface area contributed by atoms with Crippen LogP contribution in [-0.2, 0) is 19.9 Å². The Balaban J connectivity index is 1.65. The van der Waals surface area contributed by atoms with Crippen molar-refractivity contribution >= 4 is 46.8 Å². The van der Waals surface area contributed by atoms with E-state index < -0.39 is 17.4 Å². The lowest BCUT2D eigenvalue weighted by Crippen LogP contribution is -2.99. The van der Waals surface area contributed by atoms with E-state index in [9.17, 15) is 14.4 Å². The van der Waals surface area contributed by atoms with Gasteiger partial charge in [0.05, 0.1) is 5.69 Å². The first-order valence-electron chi connectivity index (χ1n) is 10.7. The first-order valence-corrected chi connectivity index (χ1v) is 12.5. The van der Waals surface area contributed by atoms with Crippen molar-refractivity contribution in [2.24, 2.45) is 11.8 Å². The number of imide groups is 1. The van der Waals surface area contributed by atoms with E-state index in [-0.39, 0.29) is 29.8 Å². The highest BCUT2D eigenvalue weighted by Gasteiger charge is 2.74. The number of nitrogens with two attached hydrogens (primary N) is 1. The Labute approximate surface area is 185 Å². The lowest BCUT2D eigenvalue weighted by molar-refractivity contribution is -0.733. The number of carbonyl (C=O) groups is 3. The maximum Gasteiger partial charge on any atom is 0.291 e. The van der Waals surface area contributed by atoms with E-state index in [0.29, 0.717) is 5.02 Å². The molecule has 1 aromatic carbocycles. The van der Waals surface area contributed by atoms with E-state index in [1.165, 1.54) is 4.90 Å². The number of nitrogens with one attached hydrogen (secondary N) is 1. The first kappa shape index (κ1) is 20.3. The molecule has 6 nitrogen and oxygen atoms in total. The third-order valence-electron chi connectivity index (χ3n) is 7.52. The van der Waals surface area contributed by atoms with Crippen LogP contribution in [0.5, 0.6) is 0 Å². The van der Waals surface area contributed by atoms with Crippen LogP contribution in [0, 0.1) is 18.8 Å². The van der Waals surface area contributed by atoms with Crippen LogP contribution in [0.4, 0.5) is 5.69 Å². The summed E-state index contributed by atoms with van der Waals surface area (Å²) in [6.45, 7) is 1.91. The number of aryl methyl sites for hydroxylation is 1. The topological polar surface area (TPSA) is 83.1 Å². The SMILES string of the molecule is CSCC[C@@H]1[NH2+][C@@]2(C(=O)Nc3c(C)cc(Cl)cc32)[C@@H]2C(=O)N(C3CCCC3)C(=O)[C@H]12. The third-order valence-corrected chi connectivity index (χ3v) is 8.38. The molecule has 4 aliphatic rings. The molecule has 2 saturated heterocycles. The van der Waals surface area contributed by atoms with Crippen LogP contribution in [-0.4, -0.2) is 46.7 Å². The summed E-state index contributed by atoms with van der Waals surface area (Å²) in [4.78, 5) is 42.3. The smallest absolute Gasteiger partial charge is 0.291 e. The molecule has 1 aliphatic carbocycles. The average molecular weight is 449 g/mol. The van der Waals surface area contributed by atoms with Gasteiger partial charge in [-0.05, 0) is 49.5 Å². The van der Waals surface area contributed by atoms with Crippen molar-refractivity contribution in [1.29, 1.82) is 0 Å². The summed E-state index contributed by atoms with van der Waals surface area (Å²) in [6, 6.07) is 3.52. The standard InChI is InChI=1S/C22H26ClN3O3S/c1-11-9-12(23)10-14-18(11)24-21(29)22(14)17-16(15(25-22)7-8-30-2)19(27)26(20(17)28)13-5-3-4-6-13/h9-10,13,15-17,25H,3-8H2,1-2H3,(H,24,29)/p+1/t15-,16+,17-,22+/m0/s1. The summed E-state index contributed by atoms with van der Waals surface area (Å²) in [5, 5.41) is 5.58. The van der Waals surface area contributed by atoms with Crippen LogP contribution >= 0.6 is 23.4 Å². The molecule has 30 heavy (non-hydrogen) atoms. The van der Waals surface area contributed by atoms with Gasteiger partial charge in [-0.2, -0.15) is 11.8 Å². The number of nitrogens with zero attached hydrogens (tertiary/aromatic N) is 1. The molecule has 4 atom stereocenters. The monoisotopic (exact) mass is 448 g/mol. The highest BCUT2D eigenvalue weighted by Crippen LogP contribution is 2.51. The number of thioether (sulfide) groups is 1. The summed E-state index contributed by atoms with van der Waals surface area (Å²) in [7, 11) is 0. The molecule has 0 aromatic heterocycles. The summed E-state index contributed by atoms with van der Waals surface area (Å²) >= 11 is 8.10. The molecule has 3 heterocycles. The second kappa shape index (κ2) is 7.24. The molecule has 5 rings (SSSR count). The third kappa shape index (κ3) is 2.64. The van der Waals surface area contributed by atoms with E-state index in [0.717, 1.165) is 54.7 Å². The summed E-state index contributed by atoms with van der Waals surface area (Å²) in [5.41, 5.74) is 1.27. The van der Waals surface area contributed by atoms with Crippen molar-refractivity contribution in [2.75, 3.05) is 17.3 Å². The van der Waals surface area contributed by atoms with Crippen molar-refractivity contribution < 1.29 is 19.7 Å². The van der Waals surface area contributed by atoms with Gasteiger partial charge < -0.3 is 10.6 Å².